The fourth-order valence-corrected chi connectivity index (χ4v) is 2.84. The fraction of sp³-hybridized carbons (Fsp3) is 0.364. The highest BCUT2D eigenvalue weighted by Crippen LogP contribution is 2.28. The van der Waals surface area contributed by atoms with Gasteiger partial charge < -0.3 is 10.2 Å². The molecule has 10 heteroatoms. The predicted molar refractivity (Wildman–Crippen MR) is 71.4 cm³/mol. The van der Waals surface area contributed by atoms with Crippen molar-refractivity contribution in [2.24, 2.45) is 0 Å². The minimum absolute atomic E-state index is 0.0781. The normalized spacial score (nSPS) is 12.8. The number of nitrogens with zero attached hydrogens (tertiary/aromatic N) is 1. The number of aliphatic carboxylic acids is 1. The Bertz CT molecular complexity index is 657. The van der Waals surface area contributed by atoms with E-state index in [1.165, 1.54) is 0 Å². The molecule has 9 nitrogen and oxygen atoms in total. The van der Waals surface area contributed by atoms with Crippen LogP contribution >= 0.6 is 0 Å². The van der Waals surface area contributed by atoms with Crippen molar-refractivity contribution < 1.29 is 28.3 Å². The van der Waals surface area contributed by atoms with Crippen LogP contribution in [0.3, 0.4) is 0 Å². The molecular formula is C11H14N2O7S. The van der Waals surface area contributed by atoms with Crippen LogP contribution in [0.15, 0.2) is 23.1 Å². The van der Waals surface area contributed by atoms with Crippen LogP contribution in [0, 0.1) is 10.1 Å². The number of carboxylic acids is 1. The molecule has 0 saturated heterocycles. The van der Waals surface area contributed by atoms with E-state index in [0.29, 0.717) is 12.5 Å². The van der Waals surface area contributed by atoms with Crippen molar-refractivity contribution in [3.05, 3.63) is 28.3 Å². The predicted octanol–water partition coefficient (Wildman–Crippen LogP) is 0.832. The van der Waals surface area contributed by atoms with Gasteiger partial charge in [-0.05, 0) is 18.6 Å². The Morgan fingerprint density at radius 3 is 2.57 bits per heavy atom. The number of carboxylic acid groups (broad SMARTS) is 1. The first-order chi connectivity index (χ1) is 9.69. The van der Waals surface area contributed by atoms with Gasteiger partial charge in [0, 0.05) is 6.07 Å². The molecular weight excluding hydrogens is 304 g/mol. The molecule has 0 aromatic heterocycles. The molecule has 1 atom stereocenters. The number of hydrogen-bond donors (Lipinski definition) is 3. The largest absolute Gasteiger partial charge is 0.502 e. The van der Waals surface area contributed by atoms with Gasteiger partial charge in [-0.15, -0.1) is 0 Å². The van der Waals surface area contributed by atoms with Crippen molar-refractivity contribution in [2.45, 2.75) is 30.7 Å². The lowest BCUT2D eigenvalue weighted by atomic mass is 10.2. The molecule has 1 aromatic carbocycles. The maximum absolute atomic E-state index is 12.0. The van der Waals surface area contributed by atoms with Crippen molar-refractivity contribution >= 4 is 21.7 Å². The highest BCUT2D eigenvalue weighted by atomic mass is 32.2. The molecule has 0 spiro atoms. The van der Waals surface area contributed by atoms with E-state index in [-0.39, 0.29) is 6.42 Å². The van der Waals surface area contributed by atoms with Crippen LogP contribution in [0.5, 0.6) is 5.75 Å². The SMILES string of the molecule is CCCC(NS(=O)(=O)c1ccc(O)c([N+](=O)[O-])c1)C(=O)O. The summed E-state index contributed by atoms with van der Waals surface area (Å²) in [6.07, 6.45) is 0.518. The third-order valence-electron chi connectivity index (χ3n) is 2.63. The minimum atomic E-state index is -4.25. The molecule has 0 aliphatic carbocycles. The molecule has 1 rings (SSSR count). The lowest BCUT2D eigenvalue weighted by Crippen LogP contribution is -2.40. The lowest BCUT2D eigenvalue weighted by molar-refractivity contribution is -0.386. The van der Waals surface area contributed by atoms with Gasteiger partial charge in [0.2, 0.25) is 10.0 Å². The average molecular weight is 318 g/mol. The van der Waals surface area contributed by atoms with E-state index in [0.717, 1.165) is 12.1 Å². The Labute approximate surface area is 120 Å². The van der Waals surface area contributed by atoms with Gasteiger partial charge in [0.05, 0.1) is 9.82 Å². The van der Waals surface area contributed by atoms with Gasteiger partial charge in [0.15, 0.2) is 5.75 Å². The number of nitro benzene ring substituents is 1. The maximum Gasteiger partial charge on any atom is 0.321 e. The van der Waals surface area contributed by atoms with E-state index in [1.807, 2.05) is 4.72 Å². The Hall–Kier alpha value is -2.20. The van der Waals surface area contributed by atoms with E-state index < -0.39 is 43.3 Å². The Morgan fingerprint density at radius 1 is 1.48 bits per heavy atom. The van der Waals surface area contributed by atoms with Crippen molar-refractivity contribution in [1.29, 1.82) is 0 Å². The van der Waals surface area contributed by atoms with Crippen LogP contribution in [0.2, 0.25) is 0 Å². The van der Waals surface area contributed by atoms with Crippen molar-refractivity contribution in [3.8, 4) is 5.75 Å². The highest BCUT2D eigenvalue weighted by molar-refractivity contribution is 7.89. The number of carbonyl (C=O) groups is 1. The fourth-order valence-electron chi connectivity index (χ4n) is 1.59. The zero-order valence-electron chi connectivity index (χ0n) is 11.0. The summed E-state index contributed by atoms with van der Waals surface area (Å²) in [6.45, 7) is 1.69. The molecule has 0 fully saturated rings. The number of hydrogen-bond acceptors (Lipinski definition) is 6. The Kier molecular flexibility index (Phi) is 5.22. The second kappa shape index (κ2) is 6.50. The smallest absolute Gasteiger partial charge is 0.321 e. The van der Waals surface area contributed by atoms with Gasteiger partial charge >= 0.3 is 11.7 Å². The van der Waals surface area contributed by atoms with Gasteiger partial charge in [-0.25, -0.2) is 8.42 Å². The van der Waals surface area contributed by atoms with Gasteiger partial charge in [0.1, 0.15) is 6.04 Å². The number of aromatic hydroxyl groups is 1. The quantitative estimate of drug-likeness (QED) is 0.498. The van der Waals surface area contributed by atoms with Crippen LogP contribution in [0.25, 0.3) is 0 Å². The average Bonchev–Trinajstić information content (AvgIpc) is 2.37. The number of phenols is 1. The van der Waals surface area contributed by atoms with Crippen LogP contribution in [-0.2, 0) is 14.8 Å². The zero-order valence-corrected chi connectivity index (χ0v) is 11.8. The van der Waals surface area contributed by atoms with Crippen molar-refractivity contribution in [1.82, 2.24) is 4.72 Å². The summed E-state index contributed by atoms with van der Waals surface area (Å²) >= 11 is 0. The summed E-state index contributed by atoms with van der Waals surface area (Å²) in [7, 11) is -4.25. The lowest BCUT2D eigenvalue weighted by Gasteiger charge is -2.13. The van der Waals surface area contributed by atoms with Crippen molar-refractivity contribution in [2.75, 3.05) is 0 Å². The summed E-state index contributed by atoms with van der Waals surface area (Å²) in [5.74, 6) is -2.02. The van der Waals surface area contributed by atoms with E-state index in [4.69, 9.17) is 5.11 Å². The Morgan fingerprint density at radius 2 is 2.10 bits per heavy atom. The van der Waals surface area contributed by atoms with Crippen LogP contribution in [-0.4, -0.2) is 35.6 Å². The summed E-state index contributed by atoms with van der Waals surface area (Å²) in [4.78, 5) is 20.2. The number of benzene rings is 1. The molecule has 0 radical (unpaired) electrons. The molecule has 0 bridgehead atoms. The number of nitrogens with one attached hydrogen (secondary N) is 1. The highest BCUT2D eigenvalue weighted by Gasteiger charge is 2.26. The van der Waals surface area contributed by atoms with Crippen molar-refractivity contribution in [3.63, 3.8) is 0 Å². The number of phenolic OH excluding ortho intramolecular Hbond substituents is 1. The van der Waals surface area contributed by atoms with Gasteiger partial charge in [-0.3, -0.25) is 14.9 Å². The molecule has 0 saturated carbocycles. The number of sulfonamides is 1. The summed E-state index contributed by atoms with van der Waals surface area (Å²) in [5, 5.41) is 28.9. The molecule has 1 unspecified atom stereocenters. The number of nitro groups is 1. The summed E-state index contributed by atoms with van der Waals surface area (Å²) in [5.41, 5.74) is -0.778. The minimum Gasteiger partial charge on any atom is -0.502 e. The van der Waals surface area contributed by atoms with Gasteiger partial charge in [0.25, 0.3) is 0 Å². The third kappa shape index (κ3) is 4.13. The van der Waals surface area contributed by atoms with E-state index in [9.17, 15) is 28.4 Å². The Balaban J connectivity index is 3.16. The monoisotopic (exact) mass is 318 g/mol. The van der Waals surface area contributed by atoms with Gasteiger partial charge in [-0.1, -0.05) is 13.3 Å². The summed E-state index contributed by atoms with van der Waals surface area (Å²) < 4.78 is 26.0. The first-order valence-corrected chi connectivity index (χ1v) is 7.40. The topological polar surface area (TPSA) is 147 Å². The van der Waals surface area contributed by atoms with E-state index >= 15 is 0 Å². The maximum atomic E-state index is 12.0. The molecule has 0 aliphatic rings. The van der Waals surface area contributed by atoms with E-state index in [2.05, 4.69) is 0 Å². The second-order valence-electron chi connectivity index (χ2n) is 4.21. The molecule has 116 valence electrons. The molecule has 0 heterocycles. The standard InChI is InChI=1S/C11H14N2O7S/c1-2-3-8(11(15)16)12-21(19,20)7-4-5-10(14)9(6-7)13(17)18/h4-6,8,12,14H,2-3H2,1H3,(H,15,16). The van der Waals surface area contributed by atoms with Gasteiger partial charge in [-0.2, -0.15) is 4.72 Å². The number of rotatable bonds is 7. The third-order valence-corrected chi connectivity index (χ3v) is 4.10. The first-order valence-electron chi connectivity index (χ1n) is 5.91. The molecule has 3 N–H and O–H groups in total. The summed E-state index contributed by atoms with van der Waals surface area (Å²) in [6, 6.07) is 1.16. The molecule has 1 aromatic rings. The van der Waals surface area contributed by atoms with E-state index in [1.54, 1.807) is 6.92 Å². The molecule has 0 aliphatic heterocycles. The van der Waals surface area contributed by atoms with Crippen LogP contribution < -0.4 is 4.72 Å². The molecule has 0 amide bonds. The second-order valence-corrected chi connectivity index (χ2v) is 5.92. The first kappa shape index (κ1) is 16.9. The molecule has 21 heavy (non-hydrogen) atoms. The van der Waals surface area contributed by atoms with Crippen LogP contribution in [0.4, 0.5) is 5.69 Å². The zero-order chi connectivity index (χ0) is 16.2. The van der Waals surface area contributed by atoms with Crippen LogP contribution in [0.1, 0.15) is 19.8 Å².